The zero-order chi connectivity index (χ0) is 10.9. The van der Waals surface area contributed by atoms with Crippen LogP contribution < -0.4 is 0 Å². The molecule has 0 aromatic heterocycles. The summed E-state index contributed by atoms with van der Waals surface area (Å²) >= 11 is 0. The summed E-state index contributed by atoms with van der Waals surface area (Å²) in [5.74, 6) is -0.0741. The predicted molar refractivity (Wildman–Crippen MR) is 53.0 cm³/mol. The van der Waals surface area contributed by atoms with Gasteiger partial charge in [0, 0.05) is 24.8 Å². The third-order valence-electron chi connectivity index (χ3n) is 2.40. The number of Topliss-reactive ketones (excluding diaryl/α,β-unsaturated/α-hetero) is 2. The molecule has 3 heteroatoms. The predicted octanol–water partition coefficient (Wildman–Crippen LogP) is 2.17. The van der Waals surface area contributed by atoms with Gasteiger partial charge in [0.15, 0.2) is 5.78 Å². The van der Waals surface area contributed by atoms with E-state index in [1.165, 1.54) is 6.92 Å². The Balaban J connectivity index is 2.93. The summed E-state index contributed by atoms with van der Waals surface area (Å²) in [5, 5.41) is 9.63. The number of hydrogen-bond donors (Lipinski definition) is 1. The van der Waals surface area contributed by atoms with Gasteiger partial charge in [-0.05, 0) is 12.3 Å². The normalized spacial score (nSPS) is 21.2. The van der Waals surface area contributed by atoms with Crippen LogP contribution in [0.3, 0.4) is 0 Å². The van der Waals surface area contributed by atoms with Gasteiger partial charge in [0.2, 0.25) is 0 Å². The molecule has 0 saturated carbocycles. The molecule has 0 bridgehead atoms. The number of aliphatic hydroxyl groups excluding tert-OH is 1. The quantitative estimate of drug-likeness (QED) is 0.736. The van der Waals surface area contributed by atoms with Gasteiger partial charge in [-0.1, -0.05) is 13.8 Å². The first-order chi connectivity index (χ1) is 6.32. The number of carbonyl (C=O) groups is 2. The molecule has 3 nitrogen and oxygen atoms in total. The van der Waals surface area contributed by atoms with Crippen molar-refractivity contribution < 1.29 is 14.7 Å². The Morgan fingerprint density at radius 3 is 2.43 bits per heavy atom. The molecule has 1 rings (SSSR count). The molecule has 1 aliphatic rings. The van der Waals surface area contributed by atoms with Crippen molar-refractivity contribution in [2.45, 2.75) is 40.0 Å². The molecular formula is C11H16O3. The molecule has 0 amide bonds. The Morgan fingerprint density at radius 1 is 1.43 bits per heavy atom. The molecule has 0 spiro atoms. The summed E-state index contributed by atoms with van der Waals surface area (Å²) in [5.41, 5.74) is 0.137. The molecule has 0 aromatic carbocycles. The van der Waals surface area contributed by atoms with Gasteiger partial charge in [-0.2, -0.15) is 0 Å². The van der Waals surface area contributed by atoms with Crippen LogP contribution in [0.25, 0.3) is 0 Å². The van der Waals surface area contributed by atoms with Crippen molar-refractivity contribution in [1.82, 2.24) is 0 Å². The number of aliphatic hydroxyl groups is 1. The molecule has 14 heavy (non-hydrogen) atoms. The van der Waals surface area contributed by atoms with E-state index in [2.05, 4.69) is 0 Å². The molecule has 78 valence electrons. The van der Waals surface area contributed by atoms with Gasteiger partial charge in [-0.25, -0.2) is 0 Å². The van der Waals surface area contributed by atoms with Crippen LogP contribution in [-0.4, -0.2) is 16.7 Å². The molecule has 0 heterocycles. The summed E-state index contributed by atoms with van der Waals surface area (Å²) < 4.78 is 0. The molecule has 0 atom stereocenters. The van der Waals surface area contributed by atoms with Crippen LogP contribution in [0, 0.1) is 5.41 Å². The Hall–Kier alpha value is -1.12. The van der Waals surface area contributed by atoms with Gasteiger partial charge in [0.05, 0.1) is 5.76 Å². The smallest absolute Gasteiger partial charge is 0.163 e. The molecular weight excluding hydrogens is 180 g/mol. The summed E-state index contributed by atoms with van der Waals surface area (Å²) in [6.07, 6.45) is 0.974. The third kappa shape index (κ3) is 2.44. The summed E-state index contributed by atoms with van der Waals surface area (Å²) in [6.45, 7) is 5.30. The van der Waals surface area contributed by atoms with E-state index in [4.69, 9.17) is 0 Å². The van der Waals surface area contributed by atoms with Crippen molar-refractivity contribution in [1.29, 1.82) is 0 Å². The van der Waals surface area contributed by atoms with Gasteiger partial charge in [-0.15, -0.1) is 0 Å². The lowest BCUT2D eigenvalue weighted by atomic mass is 9.76. The van der Waals surface area contributed by atoms with E-state index in [9.17, 15) is 14.7 Å². The zero-order valence-electron chi connectivity index (χ0n) is 8.89. The minimum Gasteiger partial charge on any atom is -0.512 e. The standard InChI is InChI=1S/C11H16O3/c1-7(12)4-8-9(13)5-11(2,3)6-10(8)14/h13H,4-6H2,1-3H3. The number of carbonyl (C=O) groups excluding carboxylic acids is 2. The largest absolute Gasteiger partial charge is 0.512 e. The van der Waals surface area contributed by atoms with E-state index in [-0.39, 0.29) is 29.2 Å². The average Bonchev–Trinajstić information content (AvgIpc) is 1.94. The van der Waals surface area contributed by atoms with E-state index >= 15 is 0 Å². The van der Waals surface area contributed by atoms with Crippen LogP contribution in [0.1, 0.15) is 40.0 Å². The minimum atomic E-state index is -0.179. The highest BCUT2D eigenvalue weighted by molar-refractivity contribution is 6.01. The zero-order valence-corrected chi connectivity index (χ0v) is 8.89. The van der Waals surface area contributed by atoms with Gasteiger partial charge < -0.3 is 5.11 Å². The lowest BCUT2D eigenvalue weighted by Gasteiger charge is -2.29. The second-order valence-electron chi connectivity index (χ2n) is 4.74. The van der Waals surface area contributed by atoms with E-state index in [0.717, 1.165) is 0 Å². The second-order valence-corrected chi connectivity index (χ2v) is 4.74. The SMILES string of the molecule is CC(=O)CC1=C(O)CC(C)(C)CC1=O. The Kier molecular flexibility index (Phi) is 2.79. The van der Waals surface area contributed by atoms with Gasteiger partial charge in [0.25, 0.3) is 0 Å². The first-order valence-corrected chi connectivity index (χ1v) is 4.75. The molecule has 0 unspecified atom stereocenters. The van der Waals surface area contributed by atoms with Crippen LogP contribution in [0.15, 0.2) is 11.3 Å². The van der Waals surface area contributed by atoms with Crippen molar-refractivity contribution >= 4 is 11.6 Å². The highest BCUT2D eigenvalue weighted by Gasteiger charge is 2.32. The fraction of sp³-hybridized carbons (Fsp3) is 0.636. The maximum atomic E-state index is 11.6. The minimum absolute atomic E-state index is 0.0702. The van der Waals surface area contributed by atoms with Gasteiger partial charge in [-0.3, -0.25) is 9.59 Å². The maximum absolute atomic E-state index is 11.6. The molecule has 0 fully saturated rings. The highest BCUT2D eigenvalue weighted by atomic mass is 16.3. The van der Waals surface area contributed by atoms with Crippen LogP contribution in [0.4, 0.5) is 0 Å². The molecule has 1 aliphatic carbocycles. The van der Waals surface area contributed by atoms with Gasteiger partial charge >= 0.3 is 0 Å². The van der Waals surface area contributed by atoms with Crippen LogP contribution in [0.5, 0.6) is 0 Å². The van der Waals surface area contributed by atoms with Crippen molar-refractivity contribution in [3.05, 3.63) is 11.3 Å². The number of ketones is 2. The lowest BCUT2D eigenvalue weighted by molar-refractivity contribution is -0.121. The summed E-state index contributed by atoms with van der Waals surface area (Å²) in [6, 6.07) is 0. The van der Waals surface area contributed by atoms with Crippen LogP contribution >= 0.6 is 0 Å². The first-order valence-electron chi connectivity index (χ1n) is 4.75. The third-order valence-corrected chi connectivity index (χ3v) is 2.40. The molecule has 0 aromatic rings. The topological polar surface area (TPSA) is 54.4 Å². The van der Waals surface area contributed by atoms with E-state index < -0.39 is 0 Å². The van der Waals surface area contributed by atoms with E-state index in [1.807, 2.05) is 13.8 Å². The molecule has 1 N–H and O–H groups in total. The molecule has 0 aliphatic heterocycles. The maximum Gasteiger partial charge on any atom is 0.163 e. The van der Waals surface area contributed by atoms with Crippen molar-refractivity contribution in [3.8, 4) is 0 Å². The van der Waals surface area contributed by atoms with Crippen LogP contribution in [0.2, 0.25) is 0 Å². The number of hydrogen-bond acceptors (Lipinski definition) is 3. The van der Waals surface area contributed by atoms with E-state index in [1.54, 1.807) is 0 Å². The fourth-order valence-corrected chi connectivity index (χ4v) is 1.77. The Morgan fingerprint density at radius 2 is 2.00 bits per heavy atom. The first kappa shape index (κ1) is 11.0. The monoisotopic (exact) mass is 196 g/mol. The average molecular weight is 196 g/mol. The van der Waals surface area contributed by atoms with Crippen LogP contribution in [-0.2, 0) is 9.59 Å². The van der Waals surface area contributed by atoms with Crippen molar-refractivity contribution in [2.75, 3.05) is 0 Å². The molecule has 0 radical (unpaired) electrons. The van der Waals surface area contributed by atoms with Gasteiger partial charge in [0.1, 0.15) is 5.78 Å². The Labute approximate surface area is 83.8 Å². The molecule has 0 saturated heterocycles. The summed E-state index contributed by atoms with van der Waals surface area (Å²) in [4.78, 5) is 22.5. The van der Waals surface area contributed by atoms with Crippen molar-refractivity contribution in [2.24, 2.45) is 5.41 Å². The fourth-order valence-electron chi connectivity index (χ4n) is 1.77. The number of rotatable bonds is 2. The summed E-state index contributed by atoms with van der Waals surface area (Å²) in [7, 11) is 0. The highest BCUT2D eigenvalue weighted by Crippen LogP contribution is 2.36. The van der Waals surface area contributed by atoms with E-state index in [0.29, 0.717) is 18.4 Å². The van der Waals surface area contributed by atoms with Crippen molar-refractivity contribution in [3.63, 3.8) is 0 Å². The Bertz CT molecular complexity index is 310. The second kappa shape index (κ2) is 3.56. The number of allylic oxidation sites excluding steroid dienone is 2. The lowest BCUT2D eigenvalue weighted by Crippen LogP contribution is -2.26.